The van der Waals surface area contributed by atoms with Gasteiger partial charge < -0.3 is 5.32 Å². The fraction of sp³-hybridized carbons (Fsp3) is 0.176. The van der Waals surface area contributed by atoms with Crippen LogP contribution in [0.2, 0.25) is 0 Å². The van der Waals surface area contributed by atoms with Crippen molar-refractivity contribution in [2.45, 2.75) is 19.9 Å². The molecule has 0 saturated carbocycles. The van der Waals surface area contributed by atoms with Gasteiger partial charge in [0, 0.05) is 17.7 Å². The van der Waals surface area contributed by atoms with Crippen LogP contribution < -0.4 is 10.9 Å². The summed E-state index contributed by atoms with van der Waals surface area (Å²) in [5.74, 6) is -0.220. The molecule has 6 nitrogen and oxygen atoms in total. The molecular weight excluding hydrogens is 324 g/mol. The first kappa shape index (κ1) is 16.1. The first-order chi connectivity index (χ1) is 11.5. The highest BCUT2D eigenvalue weighted by Gasteiger charge is 2.20. The molecule has 3 aromatic rings. The van der Waals surface area contributed by atoms with Crippen LogP contribution in [0.25, 0.3) is 21.8 Å². The molecule has 3 rings (SSSR count). The monoisotopic (exact) mass is 340 g/mol. The summed E-state index contributed by atoms with van der Waals surface area (Å²) in [5, 5.41) is 9.70. The van der Waals surface area contributed by atoms with E-state index in [2.05, 4.69) is 20.5 Å². The lowest BCUT2D eigenvalue weighted by Crippen LogP contribution is -2.29. The summed E-state index contributed by atoms with van der Waals surface area (Å²) in [6.07, 6.45) is 0. The minimum absolute atomic E-state index is 0.0243. The molecule has 122 valence electrons. The van der Waals surface area contributed by atoms with Crippen LogP contribution in [0, 0.1) is 0 Å². The van der Waals surface area contributed by atoms with Gasteiger partial charge in [0.15, 0.2) is 5.01 Å². The van der Waals surface area contributed by atoms with E-state index in [1.807, 2.05) is 44.2 Å². The number of carbonyl (C=O) groups excluding carboxylic acids is 1. The van der Waals surface area contributed by atoms with E-state index >= 15 is 0 Å². The van der Waals surface area contributed by atoms with E-state index in [0.717, 1.165) is 10.4 Å². The van der Waals surface area contributed by atoms with Gasteiger partial charge in [0.25, 0.3) is 11.5 Å². The molecule has 2 aromatic heterocycles. The largest absolute Gasteiger partial charge is 0.348 e. The molecule has 24 heavy (non-hydrogen) atoms. The Morgan fingerprint density at radius 2 is 1.92 bits per heavy atom. The molecule has 2 heterocycles. The number of nitrogens with one attached hydrogen (secondary N) is 2. The lowest BCUT2D eigenvalue weighted by molar-refractivity contribution is 0.0943. The first-order valence-electron chi connectivity index (χ1n) is 7.48. The smallest absolute Gasteiger partial charge is 0.280 e. The number of aromatic amines is 1. The molecule has 0 radical (unpaired) electrons. The van der Waals surface area contributed by atoms with Gasteiger partial charge in [0.05, 0.1) is 10.6 Å². The second-order valence-corrected chi connectivity index (χ2v) is 6.50. The van der Waals surface area contributed by atoms with Gasteiger partial charge in [-0.2, -0.15) is 5.10 Å². The van der Waals surface area contributed by atoms with Gasteiger partial charge in [-0.05, 0) is 19.9 Å². The second kappa shape index (κ2) is 6.76. The highest BCUT2D eigenvalue weighted by atomic mass is 32.1. The molecule has 0 aliphatic heterocycles. The Bertz CT molecular complexity index is 895. The van der Waals surface area contributed by atoms with Crippen molar-refractivity contribution in [1.29, 1.82) is 0 Å². The van der Waals surface area contributed by atoms with Gasteiger partial charge in [-0.25, -0.2) is 10.1 Å². The first-order valence-corrected chi connectivity index (χ1v) is 8.29. The fourth-order valence-corrected chi connectivity index (χ4v) is 3.14. The summed E-state index contributed by atoms with van der Waals surface area (Å²) >= 11 is 1.26. The zero-order valence-electron chi connectivity index (χ0n) is 13.2. The predicted octanol–water partition coefficient (Wildman–Crippen LogP) is 2.70. The van der Waals surface area contributed by atoms with Crippen LogP contribution in [0.3, 0.4) is 0 Å². The van der Waals surface area contributed by atoms with Crippen molar-refractivity contribution >= 4 is 17.2 Å². The topological polar surface area (TPSA) is 87.7 Å². The maximum Gasteiger partial charge on any atom is 0.280 e. The number of aromatic nitrogens is 3. The van der Waals surface area contributed by atoms with Gasteiger partial charge >= 0.3 is 0 Å². The standard InChI is InChI=1S/C17H16N4O2S/c1-10(2)18-16(23)17-19-14(11-6-4-3-5-7-11)15(24-17)12-8-9-13(22)21-20-12/h3-10H,1-2H3,(H,18,23)(H,21,22). The SMILES string of the molecule is CC(C)NC(=O)c1nc(-c2ccccc2)c(-c2ccc(=O)[nH]n2)s1. The van der Waals surface area contributed by atoms with Crippen LogP contribution in [-0.4, -0.2) is 27.1 Å². The molecule has 0 bridgehead atoms. The maximum absolute atomic E-state index is 12.3. The summed E-state index contributed by atoms with van der Waals surface area (Å²) in [5.41, 5.74) is 1.87. The number of thiazole rings is 1. The van der Waals surface area contributed by atoms with E-state index in [0.29, 0.717) is 16.4 Å². The molecule has 0 aliphatic carbocycles. The lowest BCUT2D eigenvalue weighted by atomic mass is 10.1. The van der Waals surface area contributed by atoms with Crippen LogP contribution in [0.5, 0.6) is 0 Å². The van der Waals surface area contributed by atoms with Crippen molar-refractivity contribution in [2.75, 3.05) is 0 Å². The third-order valence-electron chi connectivity index (χ3n) is 3.20. The van der Waals surface area contributed by atoms with E-state index in [1.165, 1.54) is 17.4 Å². The molecule has 0 spiro atoms. The zero-order chi connectivity index (χ0) is 17.1. The van der Waals surface area contributed by atoms with E-state index in [1.54, 1.807) is 6.07 Å². The molecule has 0 fully saturated rings. The van der Waals surface area contributed by atoms with Crippen molar-refractivity contribution in [3.05, 3.63) is 57.8 Å². The average molecular weight is 340 g/mol. The van der Waals surface area contributed by atoms with Crippen molar-refractivity contribution in [1.82, 2.24) is 20.5 Å². The Hall–Kier alpha value is -2.80. The molecule has 0 unspecified atom stereocenters. The number of hydrogen-bond acceptors (Lipinski definition) is 5. The van der Waals surface area contributed by atoms with E-state index in [-0.39, 0.29) is 17.5 Å². The van der Waals surface area contributed by atoms with Crippen LogP contribution in [-0.2, 0) is 0 Å². The Labute approximate surface area is 142 Å². The number of H-pyrrole nitrogens is 1. The van der Waals surface area contributed by atoms with Gasteiger partial charge in [-0.3, -0.25) is 9.59 Å². The molecule has 0 atom stereocenters. The van der Waals surface area contributed by atoms with Crippen LogP contribution >= 0.6 is 11.3 Å². The number of carbonyl (C=O) groups is 1. The maximum atomic E-state index is 12.3. The van der Waals surface area contributed by atoms with Crippen molar-refractivity contribution in [2.24, 2.45) is 0 Å². The Kier molecular flexibility index (Phi) is 4.52. The molecule has 0 aliphatic rings. The average Bonchev–Trinajstić information content (AvgIpc) is 3.01. The van der Waals surface area contributed by atoms with E-state index in [9.17, 15) is 9.59 Å². The highest BCUT2D eigenvalue weighted by Crippen LogP contribution is 2.35. The summed E-state index contributed by atoms with van der Waals surface area (Å²) in [6, 6.07) is 12.6. The highest BCUT2D eigenvalue weighted by molar-refractivity contribution is 7.17. The summed E-state index contributed by atoms with van der Waals surface area (Å²) < 4.78 is 0. The minimum Gasteiger partial charge on any atom is -0.348 e. The van der Waals surface area contributed by atoms with E-state index in [4.69, 9.17) is 0 Å². The number of nitrogens with zero attached hydrogens (tertiary/aromatic N) is 2. The molecule has 1 aromatic carbocycles. The van der Waals surface area contributed by atoms with Crippen molar-refractivity contribution in [3.63, 3.8) is 0 Å². The number of rotatable bonds is 4. The second-order valence-electron chi connectivity index (χ2n) is 5.50. The van der Waals surface area contributed by atoms with Crippen LogP contribution in [0.15, 0.2) is 47.3 Å². The lowest BCUT2D eigenvalue weighted by Gasteiger charge is -2.04. The number of benzene rings is 1. The summed E-state index contributed by atoms with van der Waals surface area (Å²) in [7, 11) is 0. The van der Waals surface area contributed by atoms with Gasteiger partial charge in [0.2, 0.25) is 0 Å². The summed E-state index contributed by atoms with van der Waals surface area (Å²) in [6.45, 7) is 3.79. The van der Waals surface area contributed by atoms with Gasteiger partial charge in [-0.15, -0.1) is 11.3 Å². The number of hydrogen-bond donors (Lipinski definition) is 2. The third-order valence-corrected chi connectivity index (χ3v) is 4.28. The molecule has 0 saturated heterocycles. The van der Waals surface area contributed by atoms with Crippen molar-refractivity contribution in [3.8, 4) is 21.8 Å². The van der Waals surface area contributed by atoms with Gasteiger partial charge in [0.1, 0.15) is 5.69 Å². The molecule has 1 amide bonds. The Morgan fingerprint density at radius 1 is 1.17 bits per heavy atom. The van der Waals surface area contributed by atoms with Gasteiger partial charge in [-0.1, -0.05) is 30.3 Å². The predicted molar refractivity (Wildman–Crippen MR) is 94.0 cm³/mol. The normalized spacial score (nSPS) is 10.8. The zero-order valence-corrected chi connectivity index (χ0v) is 14.1. The molecular formula is C17H16N4O2S. The Morgan fingerprint density at radius 3 is 2.54 bits per heavy atom. The number of amides is 1. The van der Waals surface area contributed by atoms with Crippen LogP contribution in [0.4, 0.5) is 0 Å². The third kappa shape index (κ3) is 3.41. The molecule has 2 N–H and O–H groups in total. The minimum atomic E-state index is -0.276. The Balaban J connectivity index is 2.11. The quantitative estimate of drug-likeness (QED) is 0.764. The van der Waals surface area contributed by atoms with Crippen molar-refractivity contribution < 1.29 is 4.79 Å². The summed E-state index contributed by atoms with van der Waals surface area (Å²) in [4.78, 5) is 28.8. The van der Waals surface area contributed by atoms with E-state index < -0.39 is 0 Å². The molecule has 7 heteroatoms. The fourth-order valence-electron chi connectivity index (χ4n) is 2.18. The van der Waals surface area contributed by atoms with Crippen LogP contribution in [0.1, 0.15) is 23.6 Å².